The number of piperazine rings is 1. The second-order valence-corrected chi connectivity index (χ2v) is 6.85. The molecule has 1 aliphatic heterocycles. The van der Waals surface area contributed by atoms with Gasteiger partial charge >= 0.3 is 0 Å². The van der Waals surface area contributed by atoms with E-state index in [1.54, 1.807) is 13.3 Å². The van der Waals surface area contributed by atoms with Gasteiger partial charge in [0.1, 0.15) is 18.2 Å². The lowest BCUT2D eigenvalue weighted by atomic mass is 10.1. The first-order chi connectivity index (χ1) is 13.7. The van der Waals surface area contributed by atoms with Crippen molar-refractivity contribution in [2.45, 2.75) is 12.6 Å². The monoisotopic (exact) mass is 423 g/mol. The highest BCUT2D eigenvalue weighted by Crippen LogP contribution is 2.20. The van der Waals surface area contributed by atoms with Crippen molar-refractivity contribution < 1.29 is 14.3 Å². The molecule has 0 radical (unpaired) electrons. The number of ether oxygens (including phenoxy) is 2. The average Bonchev–Trinajstić information content (AvgIpc) is 3.13. The van der Waals surface area contributed by atoms with Crippen molar-refractivity contribution in [3.8, 4) is 5.75 Å². The maximum atomic E-state index is 12.5. The summed E-state index contributed by atoms with van der Waals surface area (Å²) in [7, 11) is 3.63. The maximum Gasteiger partial charge on any atom is 0.234 e. The minimum atomic E-state index is 0. The Balaban J connectivity index is 0.00000300. The molecule has 9 heteroatoms. The summed E-state index contributed by atoms with van der Waals surface area (Å²) in [6, 6.07) is 7.84. The number of aromatic nitrogens is 2. The molecule has 0 spiro atoms. The number of rotatable bonds is 9. The van der Waals surface area contributed by atoms with Gasteiger partial charge in [0.2, 0.25) is 5.91 Å². The van der Waals surface area contributed by atoms with Gasteiger partial charge in [-0.15, -0.1) is 12.4 Å². The standard InChI is InChI=1S/C20H29N5O3.ClH/c1-24-8-7-22-20(24)18-14-21-6-9-25(18)15-19(26)23-13-16-4-3-5-17(12-16)28-11-10-27-2;/h3-5,7-8,12,18,21H,6,9-11,13-15H2,1-2H3,(H,23,26);1H. The highest BCUT2D eigenvalue weighted by atomic mass is 35.5. The molecular formula is C20H30ClN5O3. The Morgan fingerprint density at radius 3 is 3.00 bits per heavy atom. The largest absolute Gasteiger partial charge is 0.491 e. The van der Waals surface area contributed by atoms with Crippen molar-refractivity contribution in [3.63, 3.8) is 0 Å². The van der Waals surface area contributed by atoms with Gasteiger partial charge < -0.3 is 24.7 Å². The van der Waals surface area contributed by atoms with Gasteiger partial charge in [-0.2, -0.15) is 0 Å². The molecule has 0 saturated carbocycles. The molecule has 1 unspecified atom stereocenters. The Morgan fingerprint density at radius 1 is 1.38 bits per heavy atom. The van der Waals surface area contributed by atoms with Crippen LogP contribution in [0.25, 0.3) is 0 Å². The Hall–Kier alpha value is -2.13. The summed E-state index contributed by atoms with van der Waals surface area (Å²) in [5.41, 5.74) is 1.00. The first-order valence-corrected chi connectivity index (χ1v) is 9.56. The number of hydrogen-bond donors (Lipinski definition) is 2. The van der Waals surface area contributed by atoms with Gasteiger partial charge in [-0.3, -0.25) is 9.69 Å². The number of carbonyl (C=O) groups is 1. The molecule has 160 valence electrons. The fourth-order valence-corrected chi connectivity index (χ4v) is 3.32. The quantitative estimate of drug-likeness (QED) is 0.588. The van der Waals surface area contributed by atoms with Crippen LogP contribution < -0.4 is 15.4 Å². The fraction of sp³-hybridized carbons (Fsp3) is 0.500. The van der Waals surface area contributed by atoms with E-state index in [0.717, 1.165) is 36.8 Å². The van der Waals surface area contributed by atoms with Crippen LogP contribution in [0.3, 0.4) is 0 Å². The number of imidazole rings is 1. The number of hydrogen-bond acceptors (Lipinski definition) is 6. The van der Waals surface area contributed by atoms with E-state index in [2.05, 4.69) is 20.5 Å². The maximum absolute atomic E-state index is 12.5. The van der Waals surface area contributed by atoms with E-state index in [9.17, 15) is 4.79 Å². The minimum Gasteiger partial charge on any atom is -0.491 e. The van der Waals surface area contributed by atoms with Crippen molar-refractivity contribution in [3.05, 3.63) is 48.0 Å². The fourth-order valence-electron chi connectivity index (χ4n) is 3.32. The van der Waals surface area contributed by atoms with E-state index in [0.29, 0.717) is 26.3 Å². The SMILES string of the molecule is COCCOc1cccc(CNC(=O)CN2CCNCC2c2nccn2C)c1.Cl. The third kappa shape index (κ3) is 6.71. The second kappa shape index (κ2) is 11.8. The number of halogens is 1. The van der Waals surface area contributed by atoms with Crippen LogP contribution in [0.1, 0.15) is 17.4 Å². The van der Waals surface area contributed by atoms with E-state index in [4.69, 9.17) is 9.47 Å². The van der Waals surface area contributed by atoms with Crippen LogP contribution in [0.2, 0.25) is 0 Å². The second-order valence-electron chi connectivity index (χ2n) is 6.85. The normalized spacial score (nSPS) is 16.8. The van der Waals surface area contributed by atoms with Gasteiger partial charge in [-0.25, -0.2) is 4.98 Å². The predicted octanol–water partition coefficient (Wildman–Crippen LogP) is 1.13. The van der Waals surface area contributed by atoms with E-state index in [1.165, 1.54) is 0 Å². The number of carbonyl (C=O) groups excluding carboxylic acids is 1. The van der Waals surface area contributed by atoms with Crippen LogP contribution in [0.5, 0.6) is 5.75 Å². The molecule has 1 amide bonds. The Labute approximate surface area is 178 Å². The average molecular weight is 424 g/mol. The molecule has 1 aliphatic rings. The number of amides is 1. The van der Waals surface area contributed by atoms with Gasteiger partial charge in [0.05, 0.1) is 19.2 Å². The van der Waals surface area contributed by atoms with Gasteiger partial charge in [0.25, 0.3) is 0 Å². The molecule has 8 nitrogen and oxygen atoms in total. The van der Waals surface area contributed by atoms with E-state index < -0.39 is 0 Å². The Kier molecular flexibility index (Phi) is 9.40. The molecule has 0 aliphatic carbocycles. The van der Waals surface area contributed by atoms with E-state index in [1.807, 2.05) is 42.1 Å². The van der Waals surface area contributed by atoms with Crippen LogP contribution in [0.15, 0.2) is 36.7 Å². The molecule has 1 aromatic carbocycles. The van der Waals surface area contributed by atoms with Crippen LogP contribution in [-0.4, -0.2) is 66.9 Å². The van der Waals surface area contributed by atoms with E-state index in [-0.39, 0.29) is 24.4 Å². The third-order valence-electron chi connectivity index (χ3n) is 4.80. The predicted molar refractivity (Wildman–Crippen MR) is 113 cm³/mol. The zero-order valence-corrected chi connectivity index (χ0v) is 17.8. The lowest BCUT2D eigenvalue weighted by Crippen LogP contribution is -2.50. The number of aryl methyl sites for hydroxylation is 1. The highest BCUT2D eigenvalue weighted by molar-refractivity contribution is 5.85. The number of benzene rings is 1. The topological polar surface area (TPSA) is 80.7 Å². The van der Waals surface area contributed by atoms with Crippen LogP contribution in [0.4, 0.5) is 0 Å². The third-order valence-corrected chi connectivity index (χ3v) is 4.80. The molecule has 3 rings (SSSR count). The van der Waals surface area contributed by atoms with Gasteiger partial charge in [-0.1, -0.05) is 12.1 Å². The van der Waals surface area contributed by atoms with Gasteiger partial charge in [0.15, 0.2) is 0 Å². The first-order valence-electron chi connectivity index (χ1n) is 9.56. The lowest BCUT2D eigenvalue weighted by molar-refractivity contribution is -0.123. The van der Waals surface area contributed by atoms with Gasteiger partial charge in [-0.05, 0) is 17.7 Å². The summed E-state index contributed by atoms with van der Waals surface area (Å²) in [6.45, 7) is 4.34. The zero-order valence-electron chi connectivity index (χ0n) is 17.0. The first kappa shape index (κ1) is 23.2. The van der Waals surface area contributed by atoms with Crippen LogP contribution in [0, 0.1) is 0 Å². The lowest BCUT2D eigenvalue weighted by Gasteiger charge is -2.35. The van der Waals surface area contributed by atoms with Gasteiger partial charge in [0, 0.05) is 52.7 Å². The molecule has 1 fully saturated rings. The summed E-state index contributed by atoms with van der Waals surface area (Å²) < 4.78 is 12.6. The Bertz CT molecular complexity index is 770. The summed E-state index contributed by atoms with van der Waals surface area (Å²) in [6.07, 6.45) is 3.73. The number of methoxy groups -OCH3 is 1. The smallest absolute Gasteiger partial charge is 0.234 e. The zero-order chi connectivity index (χ0) is 19.8. The molecule has 2 N–H and O–H groups in total. The van der Waals surface area contributed by atoms with E-state index >= 15 is 0 Å². The van der Waals surface area contributed by atoms with Crippen molar-refractivity contribution in [2.24, 2.45) is 7.05 Å². The Morgan fingerprint density at radius 2 is 2.24 bits per heavy atom. The minimum absolute atomic E-state index is 0. The summed E-state index contributed by atoms with van der Waals surface area (Å²) in [5.74, 6) is 1.76. The summed E-state index contributed by atoms with van der Waals surface area (Å²) in [4.78, 5) is 19.2. The molecule has 29 heavy (non-hydrogen) atoms. The number of nitrogens with zero attached hydrogens (tertiary/aromatic N) is 3. The van der Waals surface area contributed by atoms with Crippen molar-refractivity contribution in [2.75, 3.05) is 46.5 Å². The highest BCUT2D eigenvalue weighted by Gasteiger charge is 2.28. The van der Waals surface area contributed by atoms with Crippen LogP contribution in [-0.2, 0) is 23.1 Å². The molecule has 1 atom stereocenters. The van der Waals surface area contributed by atoms with Crippen LogP contribution >= 0.6 is 12.4 Å². The molecular weight excluding hydrogens is 394 g/mol. The van der Waals surface area contributed by atoms with Crippen molar-refractivity contribution >= 4 is 18.3 Å². The molecule has 1 saturated heterocycles. The molecule has 0 bridgehead atoms. The van der Waals surface area contributed by atoms with Crippen molar-refractivity contribution in [1.29, 1.82) is 0 Å². The summed E-state index contributed by atoms with van der Waals surface area (Å²) in [5, 5.41) is 6.40. The molecule has 2 aromatic rings. The van der Waals surface area contributed by atoms with Crippen molar-refractivity contribution in [1.82, 2.24) is 25.1 Å². The molecule has 2 heterocycles. The number of nitrogens with one attached hydrogen (secondary N) is 2. The summed E-state index contributed by atoms with van der Waals surface area (Å²) >= 11 is 0. The molecule has 1 aromatic heterocycles.